The van der Waals surface area contributed by atoms with Crippen molar-refractivity contribution in [3.63, 3.8) is 0 Å². The van der Waals surface area contributed by atoms with Crippen LogP contribution in [-0.4, -0.2) is 62.1 Å². The lowest BCUT2D eigenvalue weighted by Crippen LogP contribution is -2.33. The Labute approximate surface area is 242 Å². The number of hydrogen-bond donors (Lipinski definition) is 4. The number of ether oxygens (including phenoxy) is 1. The van der Waals surface area contributed by atoms with Crippen LogP contribution in [0.4, 0.5) is 38.1 Å². The van der Waals surface area contributed by atoms with Gasteiger partial charge in [0, 0.05) is 25.5 Å². The third kappa shape index (κ3) is 10.1. The number of carbonyl (C=O) groups is 1. The first-order valence-electron chi connectivity index (χ1n) is 12.9. The monoisotopic (exact) mass is 637 g/mol. The van der Waals surface area contributed by atoms with Gasteiger partial charge in [-0.3, -0.25) is 0 Å². The number of hydrogen-bond acceptors (Lipinski definition) is 8. The van der Waals surface area contributed by atoms with Gasteiger partial charge in [-0.25, -0.2) is 22.9 Å². The first kappa shape index (κ1) is 33.6. The number of fused-ring (bicyclic) bond motifs is 1. The molecule has 17 heteroatoms. The molecule has 1 saturated carbocycles. The first-order valence-corrected chi connectivity index (χ1v) is 14.4. The van der Waals surface area contributed by atoms with E-state index in [0.717, 1.165) is 54.5 Å². The summed E-state index contributed by atoms with van der Waals surface area (Å²) in [4.78, 5) is 17.5. The van der Waals surface area contributed by atoms with E-state index in [-0.39, 0.29) is 12.5 Å². The minimum Gasteiger partial charge on any atom is -0.475 e. The SMILES string of the molecule is CNc1nc(NCC2CCC(CNS(=O)(=O)c3ccccc3OC(F)(F)F)CC2)nc2ccccc12.O=C(O)C(F)(F)F. The number of aromatic nitrogens is 2. The van der Waals surface area contributed by atoms with Crippen molar-refractivity contribution in [2.24, 2.45) is 11.8 Å². The number of aliphatic carboxylic acids is 1. The van der Waals surface area contributed by atoms with Gasteiger partial charge in [-0.2, -0.15) is 18.2 Å². The molecule has 4 N–H and O–H groups in total. The van der Waals surface area contributed by atoms with Crippen LogP contribution < -0.4 is 20.1 Å². The summed E-state index contributed by atoms with van der Waals surface area (Å²) < 4.78 is 101. The Morgan fingerprint density at radius 1 is 0.930 bits per heavy atom. The molecule has 2 aromatic carbocycles. The molecule has 1 fully saturated rings. The molecule has 236 valence electrons. The van der Waals surface area contributed by atoms with E-state index in [0.29, 0.717) is 18.4 Å². The number of nitrogens with one attached hydrogen (secondary N) is 3. The fourth-order valence-electron chi connectivity index (χ4n) is 4.41. The van der Waals surface area contributed by atoms with Gasteiger partial charge in [-0.05, 0) is 61.8 Å². The van der Waals surface area contributed by atoms with Crippen LogP contribution in [0.15, 0.2) is 53.4 Å². The highest BCUT2D eigenvalue weighted by Gasteiger charge is 2.38. The van der Waals surface area contributed by atoms with Crippen LogP contribution in [0.3, 0.4) is 0 Å². The molecule has 0 unspecified atom stereocenters. The quantitative estimate of drug-likeness (QED) is 0.227. The lowest BCUT2D eigenvalue weighted by molar-refractivity contribution is -0.275. The number of carboxylic acid groups (broad SMARTS) is 1. The average molecular weight is 638 g/mol. The van der Waals surface area contributed by atoms with Crippen molar-refractivity contribution < 1.29 is 49.4 Å². The van der Waals surface area contributed by atoms with Crippen LogP contribution in [0, 0.1) is 11.8 Å². The van der Waals surface area contributed by atoms with Gasteiger partial charge in [0.15, 0.2) is 0 Å². The van der Waals surface area contributed by atoms with E-state index in [1.54, 1.807) is 0 Å². The normalized spacial score (nSPS) is 17.5. The Hall–Kier alpha value is -3.86. The number of benzene rings is 2. The molecule has 1 aliphatic carbocycles. The molecule has 1 aromatic heterocycles. The number of sulfonamides is 1. The topological polar surface area (TPSA) is 143 Å². The molecule has 0 atom stereocenters. The molecule has 0 radical (unpaired) electrons. The fraction of sp³-hybridized carbons (Fsp3) is 0.423. The van der Waals surface area contributed by atoms with Crippen molar-refractivity contribution in [2.75, 3.05) is 30.8 Å². The zero-order valence-electron chi connectivity index (χ0n) is 22.7. The molecule has 1 heterocycles. The molecule has 4 rings (SSSR count). The maximum absolute atomic E-state index is 12.7. The smallest absolute Gasteiger partial charge is 0.475 e. The van der Waals surface area contributed by atoms with E-state index in [4.69, 9.17) is 9.90 Å². The van der Waals surface area contributed by atoms with Gasteiger partial charge in [0.05, 0.1) is 5.52 Å². The minimum atomic E-state index is -5.08. The molecule has 10 nitrogen and oxygen atoms in total. The van der Waals surface area contributed by atoms with Crippen molar-refractivity contribution in [1.29, 1.82) is 0 Å². The fourth-order valence-corrected chi connectivity index (χ4v) is 5.65. The highest BCUT2D eigenvalue weighted by molar-refractivity contribution is 7.89. The van der Waals surface area contributed by atoms with E-state index >= 15 is 0 Å². The molecule has 0 spiro atoms. The zero-order valence-corrected chi connectivity index (χ0v) is 23.5. The molecule has 0 aliphatic heterocycles. The van der Waals surface area contributed by atoms with Crippen molar-refractivity contribution in [3.05, 3.63) is 48.5 Å². The Morgan fingerprint density at radius 3 is 2.07 bits per heavy atom. The average Bonchev–Trinajstić information content (AvgIpc) is 2.94. The Kier molecular flexibility index (Phi) is 11.0. The molecule has 1 aliphatic rings. The lowest BCUT2D eigenvalue weighted by Gasteiger charge is -2.28. The zero-order chi connectivity index (χ0) is 31.8. The summed E-state index contributed by atoms with van der Waals surface area (Å²) in [6.07, 6.45) is -6.68. The first-order chi connectivity index (χ1) is 20.1. The lowest BCUT2D eigenvalue weighted by atomic mass is 9.82. The van der Waals surface area contributed by atoms with Gasteiger partial charge < -0.3 is 20.5 Å². The van der Waals surface area contributed by atoms with Crippen LogP contribution in [0.2, 0.25) is 0 Å². The van der Waals surface area contributed by atoms with Crippen LogP contribution >= 0.6 is 0 Å². The highest BCUT2D eigenvalue weighted by atomic mass is 32.2. The molecule has 43 heavy (non-hydrogen) atoms. The third-order valence-corrected chi connectivity index (χ3v) is 7.99. The standard InChI is InChI=1S/C24H28F3N5O3S.C2HF3O2/c1-28-22-18-6-2-3-7-19(18)31-23(32-22)29-14-16-10-12-17(13-11-16)15-30-36(33,34)21-9-5-4-8-20(21)35-24(25,26)27;3-2(4,5)1(6)7/h2-9,16-17,30H,10-15H2,1H3,(H2,28,29,31,32);(H,6,7). The summed E-state index contributed by atoms with van der Waals surface area (Å²) in [5, 5.41) is 14.5. The summed E-state index contributed by atoms with van der Waals surface area (Å²) in [5.41, 5.74) is 0.845. The predicted molar refractivity (Wildman–Crippen MR) is 145 cm³/mol. The third-order valence-electron chi connectivity index (χ3n) is 6.52. The van der Waals surface area contributed by atoms with E-state index in [9.17, 15) is 34.8 Å². The second kappa shape index (κ2) is 14.1. The van der Waals surface area contributed by atoms with Gasteiger partial charge in [0.2, 0.25) is 16.0 Å². The highest BCUT2D eigenvalue weighted by Crippen LogP contribution is 2.31. The molecule has 0 saturated heterocycles. The second-order valence-electron chi connectivity index (χ2n) is 9.58. The Morgan fingerprint density at radius 2 is 1.49 bits per heavy atom. The minimum absolute atomic E-state index is 0.0968. The molecular weight excluding hydrogens is 608 g/mol. The Balaban J connectivity index is 0.000000646. The predicted octanol–water partition coefficient (Wildman–Crippen LogP) is 5.40. The molecule has 3 aromatic rings. The van der Waals surface area contributed by atoms with Gasteiger partial charge in [-0.1, -0.05) is 24.3 Å². The number of carboxylic acids is 1. The van der Waals surface area contributed by atoms with Gasteiger partial charge in [0.25, 0.3) is 0 Å². The summed E-state index contributed by atoms with van der Waals surface area (Å²) in [6.45, 7) is 0.851. The maximum Gasteiger partial charge on any atom is 0.573 e. The number of alkyl halides is 6. The summed E-state index contributed by atoms with van der Waals surface area (Å²) >= 11 is 0. The van der Waals surface area contributed by atoms with Gasteiger partial charge in [-0.15, -0.1) is 13.2 Å². The van der Waals surface area contributed by atoms with Crippen molar-refractivity contribution >= 4 is 38.7 Å². The van der Waals surface area contributed by atoms with Crippen molar-refractivity contribution in [1.82, 2.24) is 14.7 Å². The molecule has 0 amide bonds. The van der Waals surface area contributed by atoms with Crippen LogP contribution in [0.25, 0.3) is 10.9 Å². The van der Waals surface area contributed by atoms with Gasteiger partial charge >= 0.3 is 18.5 Å². The number of rotatable bonds is 9. The molecular formula is C26H29F6N5O5S. The summed E-state index contributed by atoms with van der Waals surface area (Å²) in [6, 6.07) is 12.5. The summed E-state index contributed by atoms with van der Waals surface area (Å²) in [7, 11) is -2.34. The number of nitrogens with zero attached hydrogens (tertiary/aromatic N) is 2. The number of para-hydroxylation sites is 2. The largest absolute Gasteiger partial charge is 0.573 e. The van der Waals surface area contributed by atoms with Crippen molar-refractivity contribution in [3.8, 4) is 5.75 Å². The van der Waals surface area contributed by atoms with Crippen LogP contribution in [0.1, 0.15) is 25.7 Å². The second-order valence-corrected chi connectivity index (χ2v) is 11.3. The van der Waals surface area contributed by atoms with Crippen LogP contribution in [0.5, 0.6) is 5.75 Å². The van der Waals surface area contributed by atoms with E-state index in [1.165, 1.54) is 12.1 Å². The van der Waals surface area contributed by atoms with E-state index in [1.807, 2.05) is 31.3 Å². The molecule has 0 bridgehead atoms. The van der Waals surface area contributed by atoms with Gasteiger partial charge in [0.1, 0.15) is 16.5 Å². The van der Waals surface area contributed by atoms with E-state index in [2.05, 4.69) is 30.1 Å². The number of halogens is 6. The van der Waals surface area contributed by atoms with E-state index < -0.39 is 39.2 Å². The van der Waals surface area contributed by atoms with Crippen LogP contribution in [-0.2, 0) is 14.8 Å². The van der Waals surface area contributed by atoms with Crippen molar-refractivity contribution in [2.45, 2.75) is 43.1 Å². The Bertz CT molecular complexity index is 1500. The maximum atomic E-state index is 12.7. The number of anilines is 2. The summed E-state index contributed by atoms with van der Waals surface area (Å²) in [5.74, 6) is -1.72.